The van der Waals surface area contributed by atoms with Gasteiger partial charge in [0.1, 0.15) is 5.52 Å². The molecular weight excluding hydrogens is 248 g/mol. The third-order valence-corrected chi connectivity index (χ3v) is 6.16. The van der Waals surface area contributed by atoms with Crippen molar-refractivity contribution in [3.05, 3.63) is 23.3 Å². The number of nitrogens with one attached hydrogen (secondary N) is 1. The maximum absolute atomic E-state index is 4.31. The van der Waals surface area contributed by atoms with E-state index in [1.54, 1.807) is 0 Å². The maximum Gasteiger partial charge on any atom is 0.113 e. The lowest BCUT2D eigenvalue weighted by molar-refractivity contribution is 0.0561. The molecule has 1 aliphatic heterocycles. The molecule has 1 aromatic carbocycles. The van der Waals surface area contributed by atoms with Crippen LogP contribution in [0.2, 0.25) is 0 Å². The summed E-state index contributed by atoms with van der Waals surface area (Å²) in [5.74, 6) is 0. The van der Waals surface area contributed by atoms with Gasteiger partial charge < -0.3 is 5.32 Å². The van der Waals surface area contributed by atoms with Crippen molar-refractivity contribution in [3.8, 4) is 0 Å². The minimum absolute atomic E-state index is 0.224. The van der Waals surface area contributed by atoms with Crippen molar-refractivity contribution < 1.29 is 0 Å². The molecule has 0 saturated carbocycles. The first-order chi connectivity index (χ1) is 9.43. The summed E-state index contributed by atoms with van der Waals surface area (Å²) < 4.78 is 1.88. The fourth-order valence-electron chi connectivity index (χ4n) is 4.29. The molecule has 20 heavy (non-hydrogen) atoms. The molecule has 1 N–H and O–H groups in total. The van der Waals surface area contributed by atoms with Crippen LogP contribution in [0.3, 0.4) is 0 Å². The second-order valence-corrected chi connectivity index (χ2v) is 7.23. The predicted octanol–water partition coefficient (Wildman–Crippen LogP) is 2.17. The first-order valence-electron chi connectivity index (χ1n) is 7.50. The number of fused-ring (bicyclic) bond motifs is 5. The van der Waals surface area contributed by atoms with Gasteiger partial charge in [0.05, 0.1) is 5.52 Å². The number of aromatic nitrogens is 3. The zero-order valence-corrected chi connectivity index (χ0v) is 12.7. The van der Waals surface area contributed by atoms with Crippen molar-refractivity contribution in [2.75, 3.05) is 6.54 Å². The Morgan fingerprint density at radius 1 is 1.30 bits per heavy atom. The number of rotatable bonds is 0. The Kier molecular flexibility index (Phi) is 2.23. The van der Waals surface area contributed by atoms with Gasteiger partial charge in [-0.2, -0.15) is 0 Å². The predicted molar refractivity (Wildman–Crippen MR) is 79.8 cm³/mol. The smallest absolute Gasteiger partial charge is 0.113 e. The normalized spacial score (nSPS) is 31.3. The average Bonchev–Trinajstić information content (AvgIpc) is 2.74. The van der Waals surface area contributed by atoms with Crippen LogP contribution in [0, 0.1) is 5.41 Å². The van der Waals surface area contributed by atoms with E-state index in [4.69, 9.17) is 0 Å². The molecule has 106 valence electrons. The van der Waals surface area contributed by atoms with Crippen molar-refractivity contribution in [1.29, 1.82) is 0 Å². The second kappa shape index (κ2) is 3.61. The summed E-state index contributed by atoms with van der Waals surface area (Å²) in [6.45, 7) is 8.37. The molecule has 2 aliphatic rings. The third kappa shape index (κ3) is 1.30. The molecule has 4 rings (SSSR count). The summed E-state index contributed by atoms with van der Waals surface area (Å²) in [4.78, 5) is 0. The summed E-state index contributed by atoms with van der Waals surface area (Å²) in [5.41, 5.74) is 5.64. The van der Waals surface area contributed by atoms with E-state index in [9.17, 15) is 0 Å². The second-order valence-electron chi connectivity index (χ2n) is 7.23. The van der Waals surface area contributed by atoms with Gasteiger partial charge in [0.15, 0.2) is 0 Å². The summed E-state index contributed by atoms with van der Waals surface area (Å²) >= 11 is 0. The van der Waals surface area contributed by atoms with Crippen LogP contribution in [0.4, 0.5) is 0 Å². The molecule has 0 unspecified atom stereocenters. The summed E-state index contributed by atoms with van der Waals surface area (Å²) in [7, 11) is 1.97. The number of hydrogen-bond acceptors (Lipinski definition) is 3. The van der Waals surface area contributed by atoms with Gasteiger partial charge in [-0.1, -0.05) is 26.0 Å². The van der Waals surface area contributed by atoms with Gasteiger partial charge >= 0.3 is 0 Å². The number of nitrogens with zero attached hydrogens (tertiary/aromatic N) is 3. The monoisotopic (exact) mass is 270 g/mol. The minimum Gasteiger partial charge on any atom is -0.313 e. The Morgan fingerprint density at radius 3 is 2.90 bits per heavy atom. The molecule has 0 amide bonds. The summed E-state index contributed by atoms with van der Waals surface area (Å²) in [6, 6.07) is 5.16. The molecule has 1 aromatic heterocycles. The Hall–Kier alpha value is -1.42. The SMILES string of the molecule is Cn1nnc2cc3c(cc21)C[C@H]1NCC[C@]3(C)C1(C)C. The van der Waals surface area contributed by atoms with E-state index in [0.717, 1.165) is 24.0 Å². The lowest BCUT2D eigenvalue weighted by atomic mass is 9.51. The van der Waals surface area contributed by atoms with Gasteiger partial charge in [0, 0.05) is 18.5 Å². The Morgan fingerprint density at radius 2 is 2.10 bits per heavy atom. The van der Waals surface area contributed by atoms with E-state index in [0.29, 0.717) is 6.04 Å². The van der Waals surface area contributed by atoms with Crippen LogP contribution < -0.4 is 5.32 Å². The molecule has 4 heteroatoms. The van der Waals surface area contributed by atoms with E-state index in [1.165, 1.54) is 17.5 Å². The standard InChI is InChI=1S/C16H22N4/c1-15(2)14-8-10-7-13-12(18-19-20(13)4)9-11(10)16(15,3)5-6-17-14/h7,9,14,17H,5-6,8H2,1-4H3/t14-,16+/m1/s1. The van der Waals surface area contributed by atoms with E-state index in [1.807, 2.05) is 11.7 Å². The Balaban J connectivity index is 2.02. The highest BCUT2D eigenvalue weighted by atomic mass is 15.4. The number of benzene rings is 1. The zero-order valence-electron chi connectivity index (χ0n) is 12.7. The van der Waals surface area contributed by atoms with Crippen molar-refractivity contribution in [2.24, 2.45) is 12.5 Å². The van der Waals surface area contributed by atoms with Gasteiger partial charge in [-0.05, 0) is 48.1 Å². The lowest BCUT2D eigenvalue weighted by Gasteiger charge is -2.57. The van der Waals surface area contributed by atoms with Crippen LogP contribution in [0.1, 0.15) is 38.3 Å². The van der Waals surface area contributed by atoms with Crippen LogP contribution in [-0.2, 0) is 18.9 Å². The van der Waals surface area contributed by atoms with Gasteiger partial charge in [-0.25, -0.2) is 4.68 Å². The molecule has 0 radical (unpaired) electrons. The largest absolute Gasteiger partial charge is 0.313 e. The average molecular weight is 270 g/mol. The molecule has 2 bridgehead atoms. The van der Waals surface area contributed by atoms with Crippen LogP contribution in [0.5, 0.6) is 0 Å². The van der Waals surface area contributed by atoms with Crippen LogP contribution in [0.25, 0.3) is 11.0 Å². The van der Waals surface area contributed by atoms with E-state index in [-0.39, 0.29) is 10.8 Å². The first kappa shape index (κ1) is 12.3. The highest BCUT2D eigenvalue weighted by Gasteiger charge is 2.53. The fraction of sp³-hybridized carbons (Fsp3) is 0.625. The maximum atomic E-state index is 4.31. The Bertz CT molecular complexity index is 700. The lowest BCUT2D eigenvalue weighted by Crippen LogP contribution is -2.62. The van der Waals surface area contributed by atoms with E-state index < -0.39 is 0 Å². The topological polar surface area (TPSA) is 42.7 Å². The molecular formula is C16H22N4. The fourth-order valence-corrected chi connectivity index (χ4v) is 4.29. The molecule has 1 saturated heterocycles. The van der Waals surface area contributed by atoms with Gasteiger partial charge in [0.2, 0.25) is 0 Å². The molecule has 1 aliphatic carbocycles. The van der Waals surface area contributed by atoms with Crippen LogP contribution >= 0.6 is 0 Å². The third-order valence-electron chi connectivity index (χ3n) is 6.16. The first-order valence-corrected chi connectivity index (χ1v) is 7.50. The van der Waals surface area contributed by atoms with Gasteiger partial charge in [-0.15, -0.1) is 5.10 Å². The minimum atomic E-state index is 0.224. The summed E-state index contributed by atoms with van der Waals surface area (Å²) in [6.07, 6.45) is 2.30. The van der Waals surface area contributed by atoms with Crippen LogP contribution in [0.15, 0.2) is 12.1 Å². The number of piperidine rings is 1. The van der Waals surface area contributed by atoms with Crippen molar-refractivity contribution >= 4 is 11.0 Å². The molecule has 2 heterocycles. The van der Waals surface area contributed by atoms with Crippen molar-refractivity contribution in [3.63, 3.8) is 0 Å². The molecule has 2 aromatic rings. The van der Waals surface area contributed by atoms with Crippen molar-refractivity contribution in [1.82, 2.24) is 20.3 Å². The highest BCUT2D eigenvalue weighted by Crippen LogP contribution is 2.54. The quantitative estimate of drug-likeness (QED) is 0.798. The summed E-state index contributed by atoms with van der Waals surface area (Å²) in [5, 5.41) is 12.2. The Labute approximate surface area is 119 Å². The van der Waals surface area contributed by atoms with Gasteiger partial charge in [-0.3, -0.25) is 0 Å². The van der Waals surface area contributed by atoms with E-state index in [2.05, 4.69) is 48.5 Å². The molecule has 1 fully saturated rings. The zero-order chi connectivity index (χ0) is 14.1. The molecule has 0 spiro atoms. The highest BCUT2D eigenvalue weighted by molar-refractivity contribution is 5.77. The van der Waals surface area contributed by atoms with E-state index >= 15 is 0 Å². The van der Waals surface area contributed by atoms with Crippen LogP contribution in [-0.4, -0.2) is 27.6 Å². The molecule has 2 atom stereocenters. The molecule has 4 nitrogen and oxygen atoms in total. The van der Waals surface area contributed by atoms with Gasteiger partial charge in [0.25, 0.3) is 0 Å². The van der Waals surface area contributed by atoms with Crippen molar-refractivity contribution in [2.45, 2.75) is 45.1 Å². The number of hydrogen-bond donors (Lipinski definition) is 1. The number of aryl methyl sites for hydroxylation is 1.